The standard InChI is InChI=1S/C30H39N7O/c1-19-13-30(14-19,28-36-33-18-37(28)4)22-9-6-10-23(12-22)34-27(38)24-11-21(16-31-15-20-7-5-8-20)25-26(35-24)29(2,3)17-32-25/h6,9-12,18-20,31-32H,5,7-8,13-17H2,1-4H3,(H,34,38). The number of anilines is 2. The SMILES string of the molecule is CC1CC(c2cccc(NC(=O)c3cc(CNCC4CCC4)c4c(n3)C(C)(C)CN4)c2)(c2nncn2C)C1. The molecule has 38 heavy (non-hydrogen) atoms. The molecular weight excluding hydrogens is 474 g/mol. The lowest BCUT2D eigenvalue weighted by Crippen LogP contribution is -2.43. The number of carbonyl (C=O) groups is 1. The maximum absolute atomic E-state index is 13.6. The van der Waals surface area contributed by atoms with E-state index in [0.29, 0.717) is 11.6 Å². The summed E-state index contributed by atoms with van der Waals surface area (Å²) in [6.07, 6.45) is 7.77. The molecule has 0 spiro atoms. The van der Waals surface area contributed by atoms with Crippen LogP contribution in [0.5, 0.6) is 0 Å². The number of nitrogens with one attached hydrogen (secondary N) is 3. The summed E-state index contributed by atoms with van der Waals surface area (Å²) in [6, 6.07) is 10.2. The first-order valence-corrected chi connectivity index (χ1v) is 14.0. The summed E-state index contributed by atoms with van der Waals surface area (Å²) in [7, 11) is 2.00. The summed E-state index contributed by atoms with van der Waals surface area (Å²) in [4.78, 5) is 18.4. The van der Waals surface area contributed by atoms with Gasteiger partial charge in [0.05, 0.1) is 16.8 Å². The predicted octanol–water partition coefficient (Wildman–Crippen LogP) is 4.77. The van der Waals surface area contributed by atoms with Crippen LogP contribution in [0.1, 0.15) is 86.0 Å². The fourth-order valence-corrected chi connectivity index (χ4v) is 6.53. The molecular formula is C30H39N7O. The highest BCUT2D eigenvalue weighted by molar-refractivity contribution is 6.03. The maximum Gasteiger partial charge on any atom is 0.274 e. The van der Waals surface area contributed by atoms with Crippen LogP contribution in [0.3, 0.4) is 0 Å². The van der Waals surface area contributed by atoms with Gasteiger partial charge in [-0.2, -0.15) is 0 Å². The summed E-state index contributed by atoms with van der Waals surface area (Å²) >= 11 is 0. The van der Waals surface area contributed by atoms with E-state index in [1.807, 2.05) is 29.8 Å². The molecule has 3 aromatic rings. The number of nitrogens with zero attached hydrogens (tertiary/aromatic N) is 4. The highest BCUT2D eigenvalue weighted by Crippen LogP contribution is 2.51. The summed E-state index contributed by atoms with van der Waals surface area (Å²) in [5, 5.41) is 18.9. The molecule has 0 radical (unpaired) electrons. The fraction of sp³-hybridized carbons (Fsp3) is 0.533. The van der Waals surface area contributed by atoms with E-state index in [-0.39, 0.29) is 16.7 Å². The van der Waals surface area contributed by atoms with Crippen molar-refractivity contribution in [1.82, 2.24) is 25.1 Å². The van der Waals surface area contributed by atoms with Crippen LogP contribution in [-0.2, 0) is 24.4 Å². The van der Waals surface area contributed by atoms with Crippen molar-refractivity contribution in [3.63, 3.8) is 0 Å². The van der Waals surface area contributed by atoms with Gasteiger partial charge in [0, 0.05) is 31.2 Å². The van der Waals surface area contributed by atoms with E-state index in [1.165, 1.54) is 19.3 Å². The molecule has 8 heteroatoms. The van der Waals surface area contributed by atoms with Crippen molar-refractivity contribution in [3.05, 3.63) is 65.0 Å². The number of pyridine rings is 1. The van der Waals surface area contributed by atoms with Crippen molar-refractivity contribution in [2.75, 3.05) is 23.7 Å². The van der Waals surface area contributed by atoms with Gasteiger partial charge >= 0.3 is 0 Å². The molecule has 2 aliphatic carbocycles. The van der Waals surface area contributed by atoms with Crippen LogP contribution < -0.4 is 16.0 Å². The van der Waals surface area contributed by atoms with E-state index in [9.17, 15) is 4.79 Å². The summed E-state index contributed by atoms with van der Waals surface area (Å²) in [6.45, 7) is 9.22. The second kappa shape index (κ2) is 9.49. The smallest absolute Gasteiger partial charge is 0.274 e. The van der Waals surface area contributed by atoms with Crippen LogP contribution in [-0.4, -0.2) is 38.7 Å². The summed E-state index contributed by atoms with van der Waals surface area (Å²) in [5.41, 5.74) is 5.28. The zero-order chi connectivity index (χ0) is 26.5. The van der Waals surface area contributed by atoms with Crippen molar-refractivity contribution in [3.8, 4) is 0 Å². The Morgan fingerprint density at radius 2 is 2.03 bits per heavy atom. The van der Waals surface area contributed by atoms with Crippen LogP contribution in [0.25, 0.3) is 0 Å². The van der Waals surface area contributed by atoms with Gasteiger partial charge in [-0.15, -0.1) is 10.2 Å². The number of rotatable bonds is 8. The summed E-state index contributed by atoms with van der Waals surface area (Å²) < 4.78 is 2.02. The van der Waals surface area contributed by atoms with Crippen molar-refractivity contribution < 1.29 is 4.79 Å². The molecule has 8 nitrogen and oxygen atoms in total. The van der Waals surface area contributed by atoms with Crippen LogP contribution in [0.2, 0.25) is 0 Å². The Morgan fingerprint density at radius 3 is 2.71 bits per heavy atom. The maximum atomic E-state index is 13.6. The second-order valence-corrected chi connectivity index (χ2v) is 12.5. The van der Waals surface area contributed by atoms with Crippen molar-refractivity contribution in [1.29, 1.82) is 0 Å². The third-order valence-corrected chi connectivity index (χ3v) is 8.86. The predicted molar refractivity (Wildman–Crippen MR) is 149 cm³/mol. The molecule has 6 rings (SSSR count). The lowest BCUT2D eigenvalue weighted by Gasteiger charge is -2.46. The molecule has 0 atom stereocenters. The van der Waals surface area contributed by atoms with Crippen LogP contribution in [0, 0.1) is 11.8 Å². The zero-order valence-corrected chi connectivity index (χ0v) is 23.0. The number of amides is 1. The van der Waals surface area contributed by atoms with Crippen LogP contribution in [0.4, 0.5) is 11.4 Å². The third-order valence-electron chi connectivity index (χ3n) is 8.86. The van der Waals surface area contributed by atoms with Crippen LogP contribution in [0.15, 0.2) is 36.7 Å². The number of carbonyl (C=O) groups excluding carboxylic acids is 1. The van der Waals surface area contributed by atoms with E-state index < -0.39 is 0 Å². The van der Waals surface area contributed by atoms with Gasteiger partial charge < -0.3 is 20.5 Å². The number of aromatic nitrogens is 4. The minimum atomic E-state index is -0.178. The van der Waals surface area contributed by atoms with Gasteiger partial charge in [0.15, 0.2) is 0 Å². The topological polar surface area (TPSA) is 96.8 Å². The quantitative estimate of drug-likeness (QED) is 0.402. The van der Waals surface area contributed by atoms with E-state index >= 15 is 0 Å². The number of benzene rings is 1. The largest absolute Gasteiger partial charge is 0.382 e. The Labute approximate surface area is 225 Å². The Morgan fingerprint density at radius 1 is 1.21 bits per heavy atom. The highest BCUT2D eigenvalue weighted by atomic mass is 16.1. The Kier molecular flexibility index (Phi) is 6.25. The minimum absolute atomic E-state index is 0.127. The minimum Gasteiger partial charge on any atom is -0.382 e. The molecule has 0 bridgehead atoms. The molecule has 1 aromatic carbocycles. The van der Waals surface area contributed by atoms with E-state index in [2.05, 4.69) is 59.1 Å². The van der Waals surface area contributed by atoms with Gasteiger partial charge in [-0.3, -0.25) is 4.79 Å². The normalized spacial score (nSPS) is 23.7. The fourth-order valence-electron chi connectivity index (χ4n) is 6.53. The molecule has 0 unspecified atom stereocenters. The third kappa shape index (κ3) is 4.38. The molecule has 3 N–H and O–H groups in total. The van der Waals surface area contributed by atoms with Crippen molar-refractivity contribution in [2.45, 2.75) is 70.3 Å². The molecule has 2 aromatic heterocycles. The highest BCUT2D eigenvalue weighted by Gasteiger charge is 2.48. The second-order valence-electron chi connectivity index (χ2n) is 12.5. The van der Waals surface area contributed by atoms with Crippen LogP contribution >= 0.6 is 0 Å². The van der Waals surface area contributed by atoms with Gasteiger partial charge in [-0.1, -0.05) is 39.3 Å². The van der Waals surface area contributed by atoms with Gasteiger partial charge in [-0.05, 0) is 73.4 Å². The Balaban J connectivity index is 1.25. The summed E-state index contributed by atoms with van der Waals surface area (Å²) in [5.74, 6) is 2.21. The zero-order valence-electron chi connectivity index (χ0n) is 23.0. The molecule has 2 saturated carbocycles. The lowest BCUT2D eigenvalue weighted by atomic mass is 9.58. The number of fused-ring (bicyclic) bond motifs is 1. The van der Waals surface area contributed by atoms with E-state index in [4.69, 9.17) is 4.98 Å². The molecule has 1 aliphatic heterocycles. The van der Waals surface area contributed by atoms with Gasteiger partial charge in [0.2, 0.25) is 0 Å². The lowest BCUT2D eigenvalue weighted by molar-refractivity contribution is 0.102. The average molecular weight is 514 g/mol. The first-order chi connectivity index (χ1) is 18.2. The van der Waals surface area contributed by atoms with Gasteiger partial charge in [0.25, 0.3) is 5.91 Å². The Bertz CT molecular complexity index is 1350. The van der Waals surface area contributed by atoms with E-state index in [0.717, 1.165) is 72.4 Å². The molecule has 3 heterocycles. The molecule has 1 amide bonds. The number of hydrogen-bond acceptors (Lipinski definition) is 6. The number of aryl methyl sites for hydroxylation is 1. The first kappa shape index (κ1) is 25.0. The molecule has 200 valence electrons. The van der Waals surface area contributed by atoms with Crippen molar-refractivity contribution in [2.24, 2.45) is 18.9 Å². The Hall–Kier alpha value is -3.26. The van der Waals surface area contributed by atoms with Crippen molar-refractivity contribution >= 4 is 17.3 Å². The van der Waals surface area contributed by atoms with E-state index in [1.54, 1.807) is 6.33 Å². The average Bonchev–Trinajstić information content (AvgIpc) is 3.41. The molecule has 3 aliphatic rings. The first-order valence-electron chi connectivity index (χ1n) is 14.0. The monoisotopic (exact) mass is 513 g/mol. The molecule has 0 saturated heterocycles. The number of hydrogen-bond donors (Lipinski definition) is 3. The van der Waals surface area contributed by atoms with Gasteiger partial charge in [0.1, 0.15) is 17.8 Å². The van der Waals surface area contributed by atoms with Gasteiger partial charge in [-0.25, -0.2) is 4.98 Å². The molecule has 2 fully saturated rings.